The van der Waals surface area contributed by atoms with E-state index >= 15 is 0 Å². The molecule has 0 unspecified atom stereocenters. The highest BCUT2D eigenvalue weighted by molar-refractivity contribution is 7.99. The molecule has 0 spiro atoms. The molecule has 0 N–H and O–H groups in total. The van der Waals surface area contributed by atoms with Crippen molar-refractivity contribution in [1.29, 1.82) is 0 Å². The summed E-state index contributed by atoms with van der Waals surface area (Å²) in [5.41, 5.74) is 0.230. The van der Waals surface area contributed by atoms with Gasteiger partial charge in [-0.1, -0.05) is 30.0 Å². The van der Waals surface area contributed by atoms with E-state index in [4.69, 9.17) is 16.3 Å². The summed E-state index contributed by atoms with van der Waals surface area (Å²) in [6, 6.07) is 11.8. The fourth-order valence-corrected chi connectivity index (χ4v) is 2.88. The predicted molar refractivity (Wildman–Crippen MR) is 73.7 cm³/mol. The second-order valence-corrected chi connectivity index (χ2v) is 5.07. The third-order valence-corrected chi connectivity index (χ3v) is 3.76. The van der Waals surface area contributed by atoms with Crippen molar-refractivity contribution >= 4 is 28.6 Å². The van der Waals surface area contributed by atoms with E-state index in [2.05, 4.69) is 0 Å². The van der Waals surface area contributed by atoms with E-state index in [0.717, 1.165) is 4.90 Å². The van der Waals surface area contributed by atoms with Gasteiger partial charge in [0.1, 0.15) is 0 Å². The number of halogens is 2. The third-order valence-electron chi connectivity index (χ3n) is 2.44. The van der Waals surface area contributed by atoms with Crippen molar-refractivity contribution < 1.29 is 13.9 Å². The second kappa shape index (κ2) is 6.08. The van der Waals surface area contributed by atoms with Crippen molar-refractivity contribution in [2.24, 2.45) is 0 Å². The summed E-state index contributed by atoms with van der Waals surface area (Å²) in [6.07, 6.45) is 0. The van der Waals surface area contributed by atoms with E-state index in [1.54, 1.807) is 0 Å². The minimum atomic E-state index is -0.642. The predicted octanol–water partition coefficient (Wildman–Crippen LogP) is 4.36. The molecule has 0 aliphatic rings. The molecule has 0 radical (unpaired) electrons. The fourth-order valence-electron chi connectivity index (χ4n) is 1.59. The Labute approximate surface area is 119 Å². The van der Waals surface area contributed by atoms with Crippen LogP contribution in [0.25, 0.3) is 0 Å². The SMILES string of the molecule is COc1c(F)ccc(C(=O)Cl)c1Sc1ccccc1. The van der Waals surface area contributed by atoms with Gasteiger partial charge in [-0.2, -0.15) is 0 Å². The highest BCUT2D eigenvalue weighted by Gasteiger charge is 2.19. The van der Waals surface area contributed by atoms with Crippen LogP contribution in [0.4, 0.5) is 4.39 Å². The molecule has 2 aromatic rings. The van der Waals surface area contributed by atoms with Gasteiger partial charge >= 0.3 is 0 Å². The Bertz CT molecular complexity index is 602. The van der Waals surface area contributed by atoms with Gasteiger partial charge in [-0.3, -0.25) is 4.79 Å². The van der Waals surface area contributed by atoms with E-state index in [-0.39, 0.29) is 11.3 Å². The fraction of sp³-hybridized carbons (Fsp3) is 0.0714. The Morgan fingerprint density at radius 3 is 2.47 bits per heavy atom. The molecule has 2 nitrogen and oxygen atoms in total. The van der Waals surface area contributed by atoms with Crippen molar-refractivity contribution in [2.75, 3.05) is 7.11 Å². The zero-order valence-electron chi connectivity index (χ0n) is 10.0. The number of benzene rings is 2. The molecule has 0 bridgehead atoms. The zero-order chi connectivity index (χ0) is 13.8. The van der Waals surface area contributed by atoms with E-state index in [1.165, 1.54) is 31.0 Å². The molecule has 0 aromatic heterocycles. The van der Waals surface area contributed by atoms with Crippen LogP contribution in [0.2, 0.25) is 0 Å². The van der Waals surface area contributed by atoms with Gasteiger partial charge in [0, 0.05) is 4.90 Å². The highest BCUT2D eigenvalue weighted by atomic mass is 35.5. The molecule has 0 saturated heterocycles. The quantitative estimate of drug-likeness (QED) is 0.784. The summed E-state index contributed by atoms with van der Waals surface area (Å²) in [7, 11) is 1.36. The molecule has 0 aliphatic heterocycles. The van der Waals surface area contributed by atoms with Gasteiger partial charge in [-0.05, 0) is 35.9 Å². The molecule has 0 atom stereocenters. The van der Waals surface area contributed by atoms with Crippen LogP contribution in [0.15, 0.2) is 52.3 Å². The van der Waals surface area contributed by atoms with Gasteiger partial charge in [0.25, 0.3) is 5.24 Å². The van der Waals surface area contributed by atoms with Gasteiger partial charge < -0.3 is 4.74 Å². The lowest BCUT2D eigenvalue weighted by molar-refractivity contribution is 0.107. The Morgan fingerprint density at radius 2 is 1.89 bits per heavy atom. The van der Waals surface area contributed by atoms with Crippen LogP contribution >= 0.6 is 23.4 Å². The highest BCUT2D eigenvalue weighted by Crippen LogP contribution is 2.39. The normalized spacial score (nSPS) is 10.3. The summed E-state index contributed by atoms with van der Waals surface area (Å²) < 4.78 is 18.7. The molecular weight excluding hydrogens is 287 g/mol. The maximum absolute atomic E-state index is 13.7. The maximum Gasteiger partial charge on any atom is 0.253 e. The van der Waals surface area contributed by atoms with Crippen LogP contribution < -0.4 is 4.74 Å². The molecule has 0 fully saturated rings. The lowest BCUT2D eigenvalue weighted by Crippen LogP contribution is -1.98. The largest absolute Gasteiger partial charge is 0.492 e. The average Bonchev–Trinajstić information content (AvgIpc) is 2.40. The zero-order valence-corrected chi connectivity index (χ0v) is 11.6. The first kappa shape index (κ1) is 13.9. The maximum atomic E-state index is 13.7. The molecule has 98 valence electrons. The molecule has 2 rings (SSSR count). The van der Waals surface area contributed by atoms with E-state index < -0.39 is 11.1 Å². The summed E-state index contributed by atoms with van der Waals surface area (Å²) in [5, 5.41) is -0.642. The first-order valence-corrected chi connectivity index (χ1v) is 6.62. The van der Waals surface area contributed by atoms with Crippen LogP contribution in [0, 0.1) is 5.82 Å². The topological polar surface area (TPSA) is 26.3 Å². The molecule has 0 aliphatic carbocycles. The summed E-state index contributed by atoms with van der Waals surface area (Å²) in [4.78, 5) is 12.7. The molecule has 0 saturated carbocycles. The third kappa shape index (κ3) is 3.08. The van der Waals surface area contributed by atoms with E-state index in [1.807, 2.05) is 30.3 Å². The minimum Gasteiger partial charge on any atom is -0.492 e. The number of methoxy groups -OCH3 is 1. The van der Waals surface area contributed by atoms with Crippen molar-refractivity contribution in [3.63, 3.8) is 0 Å². The minimum absolute atomic E-state index is 0.0281. The molecule has 2 aromatic carbocycles. The first-order chi connectivity index (χ1) is 9.13. The standard InChI is InChI=1S/C14H10ClFO2S/c1-18-12-11(16)8-7-10(14(15)17)13(12)19-9-5-3-2-4-6-9/h2-8H,1H3. The summed E-state index contributed by atoms with van der Waals surface area (Å²) in [5.74, 6) is -0.497. The van der Waals surface area contributed by atoms with Crippen molar-refractivity contribution in [1.82, 2.24) is 0 Å². The summed E-state index contributed by atoms with van der Waals surface area (Å²) >= 11 is 6.76. The molecular formula is C14H10ClFO2S. The number of hydrogen-bond donors (Lipinski definition) is 0. The molecule has 19 heavy (non-hydrogen) atoms. The van der Waals surface area contributed by atoms with Crippen LogP contribution in [-0.4, -0.2) is 12.4 Å². The Kier molecular flexibility index (Phi) is 4.45. The summed E-state index contributed by atoms with van der Waals surface area (Å²) in [6.45, 7) is 0. The van der Waals surface area contributed by atoms with Gasteiger partial charge in [-0.15, -0.1) is 0 Å². The number of carbonyl (C=O) groups excluding carboxylic acids is 1. The Morgan fingerprint density at radius 1 is 1.21 bits per heavy atom. The Hall–Kier alpha value is -1.52. The van der Waals surface area contributed by atoms with Crippen LogP contribution in [0.5, 0.6) is 5.75 Å². The van der Waals surface area contributed by atoms with Crippen molar-refractivity contribution in [3.05, 3.63) is 53.8 Å². The smallest absolute Gasteiger partial charge is 0.253 e. The van der Waals surface area contributed by atoms with Gasteiger partial charge in [0.05, 0.1) is 17.6 Å². The van der Waals surface area contributed by atoms with Crippen molar-refractivity contribution in [3.8, 4) is 5.75 Å². The van der Waals surface area contributed by atoms with E-state index in [9.17, 15) is 9.18 Å². The average molecular weight is 297 g/mol. The van der Waals surface area contributed by atoms with Crippen LogP contribution in [0.1, 0.15) is 10.4 Å². The monoisotopic (exact) mass is 296 g/mol. The van der Waals surface area contributed by atoms with Crippen LogP contribution in [-0.2, 0) is 0 Å². The van der Waals surface area contributed by atoms with Gasteiger partial charge in [0.15, 0.2) is 11.6 Å². The molecule has 0 heterocycles. The lowest BCUT2D eigenvalue weighted by Gasteiger charge is -2.12. The van der Waals surface area contributed by atoms with Crippen LogP contribution in [0.3, 0.4) is 0 Å². The molecule has 5 heteroatoms. The Balaban J connectivity index is 2.52. The van der Waals surface area contributed by atoms with E-state index in [0.29, 0.717) is 4.90 Å². The second-order valence-electron chi connectivity index (χ2n) is 3.65. The number of rotatable bonds is 4. The number of carbonyl (C=O) groups is 1. The van der Waals surface area contributed by atoms with Gasteiger partial charge in [0.2, 0.25) is 0 Å². The first-order valence-electron chi connectivity index (χ1n) is 5.42. The van der Waals surface area contributed by atoms with Gasteiger partial charge in [-0.25, -0.2) is 4.39 Å². The number of ether oxygens (including phenoxy) is 1. The molecule has 0 amide bonds. The number of hydrogen-bond acceptors (Lipinski definition) is 3. The van der Waals surface area contributed by atoms with Crippen molar-refractivity contribution in [2.45, 2.75) is 9.79 Å². The lowest BCUT2D eigenvalue weighted by atomic mass is 10.2.